The van der Waals surface area contributed by atoms with Crippen LogP contribution in [-0.2, 0) is 24.8 Å². The van der Waals surface area contributed by atoms with Gasteiger partial charge in [0.25, 0.3) is 0 Å². The molecule has 1 aliphatic carbocycles. The topological polar surface area (TPSA) is 42.3 Å². The lowest BCUT2D eigenvalue weighted by atomic mass is 9.84. The van der Waals surface area contributed by atoms with Gasteiger partial charge in [0.2, 0.25) is 0 Å². The summed E-state index contributed by atoms with van der Waals surface area (Å²) in [4.78, 5) is 8.62. The normalized spacial score (nSPS) is 19.3. The Bertz CT molecular complexity index is 1190. The predicted molar refractivity (Wildman–Crippen MR) is 126 cm³/mol. The Hall–Kier alpha value is -3.27. The number of hydrogen-bond acceptors (Lipinski definition) is 2. The van der Waals surface area contributed by atoms with Gasteiger partial charge in [-0.3, -0.25) is 0 Å². The lowest BCUT2D eigenvalue weighted by Crippen LogP contribution is -2.06. The molecule has 4 heteroatoms. The van der Waals surface area contributed by atoms with E-state index in [0.717, 1.165) is 34.8 Å². The number of allylic oxidation sites excluding steroid dienone is 1. The summed E-state index contributed by atoms with van der Waals surface area (Å²) in [7, 11) is 2.05. The molecule has 1 aliphatic heterocycles. The van der Waals surface area contributed by atoms with Crippen LogP contribution in [0.2, 0.25) is 0 Å². The first-order valence-corrected chi connectivity index (χ1v) is 11.1. The number of ether oxygens (including phenoxy) is 1. The van der Waals surface area contributed by atoms with Crippen LogP contribution in [0.25, 0.3) is 6.08 Å². The van der Waals surface area contributed by atoms with Crippen LogP contribution < -0.4 is 0 Å². The first kappa shape index (κ1) is 19.7. The SMILES string of the molecule is Cc1[nH]c(/C=C2\N=C(c3cccn3C)C=C2OCc2ccccc2)c2c1CCCC2C. The summed E-state index contributed by atoms with van der Waals surface area (Å²) in [5.74, 6) is 1.39. The molecular weight excluding hydrogens is 382 g/mol. The first-order chi connectivity index (χ1) is 15.1. The van der Waals surface area contributed by atoms with Crippen molar-refractivity contribution in [3.63, 3.8) is 0 Å². The second kappa shape index (κ2) is 8.10. The van der Waals surface area contributed by atoms with Gasteiger partial charge in [-0.05, 0) is 67.0 Å². The highest BCUT2D eigenvalue weighted by Gasteiger charge is 2.25. The molecule has 0 amide bonds. The number of aryl methyl sites for hydroxylation is 2. The van der Waals surface area contributed by atoms with Crippen molar-refractivity contribution in [2.45, 2.75) is 45.6 Å². The molecule has 3 aromatic rings. The van der Waals surface area contributed by atoms with E-state index < -0.39 is 0 Å². The molecule has 1 atom stereocenters. The number of aromatic nitrogens is 2. The van der Waals surface area contributed by atoms with E-state index in [4.69, 9.17) is 9.73 Å². The van der Waals surface area contributed by atoms with Gasteiger partial charge in [0.1, 0.15) is 18.1 Å². The van der Waals surface area contributed by atoms with E-state index in [1.807, 2.05) is 37.5 Å². The third-order valence-corrected chi connectivity index (χ3v) is 6.43. The molecule has 2 aliphatic rings. The van der Waals surface area contributed by atoms with Crippen LogP contribution in [0.4, 0.5) is 0 Å². The minimum absolute atomic E-state index is 0.526. The van der Waals surface area contributed by atoms with Crippen molar-refractivity contribution in [3.8, 4) is 0 Å². The van der Waals surface area contributed by atoms with Crippen LogP contribution in [0.5, 0.6) is 0 Å². The number of rotatable bonds is 5. The monoisotopic (exact) mass is 411 g/mol. The summed E-state index contributed by atoms with van der Waals surface area (Å²) in [6.45, 7) is 5.05. The molecule has 2 aromatic heterocycles. The van der Waals surface area contributed by atoms with Gasteiger partial charge in [0.15, 0.2) is 0 Å². The van der Waals surface area contributed by atoms with E-state index >= 15 is 0 Å². The first-order valence-electron chi connectivity index (χ1n) is 11.1. The third-order valence-electron chi connectivity index (χ3n) is 6.43. The summed E-state index contributed by atoms with van der Waals surface area (Å²) in [5.41, 5.74) is 9.47. The van der Waals surface area contributed by atoms with Crippen molar-refractivity contribution in [3.05, 3.63) is 100.0 Å². The van der Waals surface area contributed by atoms with Gasteiger partial charge in [-0.25, -0.2) is 4.99 Å². The molecule has 5 rings (SSSR count). The van der Waals surface area contributed by atoms with Gasteiger partial charge in [-0.15, -0.1) is 0 Å². The highest BCUT2D eigenvalue weighted by atomic mass is 16.5. The summed E-state index contributed by atoms with van der Waals surface area (Å²) >= 11 is 0. The molecule has 0 spiro atoms. The minimum Gasteiger partial charge on any atom is -0.487 e. The van der Waals surface area contributed by atoms with E-state index in [1.165, 1.54) is 35.4 Å². The van der Waals surface area contributed by atoms with Crippen molar-refractivity contribution in [1.82, 2.24) is 9.55 Å². The Labute approximate surface area is 184 Å². The van der Waals surface area contributed by atoms with Crippen LogP contribution in [0.1, 0.15) is 59.5 Å². The molecule has 0 saturated heterocycles. The van der Waals surface area contributed by atoms with Crippen LogP contribution >= 0.6 is 0 Å². The van der Waals surface area contributed by atoms with Crippen molar-refractivity contribution in [1.29, 1.82) is 0 Å². The average molecular weight is 412 g/mol. The molecule has 0 fully saturated rings. The number of nitrogens with zero attached hydrogens (tertiary/aromatic N) is 2. The van der Waals surface area contributed by atoms with Crippen LogP contribution in [-0.4, -0.2) is 15.3 Å². The van der Waals surface area contributed by atoms with Crippen LogP contribution in [0.15, 0.2) is 71.2 Å². The minimum atomic E-state index is 0.526. The Morgan fingerprint density at radius 2 is 2.03 bits per heavy atom. The molecule has 1 N–H and O–H groups in total. The summed E-state index contributed by atoms with van der Waals surface area (Å²) in [6.07, 6.45) is 9.96. The third kappa shape index (κ3) is 3.78. The van der Waals surface area contributed by atoms with E-state index in [-0.39, 0.29) is 0 Å². The van der Waals surface area contributed by atoms with Gasteiger partial charge in [-0.1, -0.05) is 37.3 Å². The van der Waals surface area contributed by atoms with Gasteiger partial charge < -0.3 is 14.3 Å². The zero-order valence-electron chi connectivity index (χ0n) is 18.5. The second-order valence-electron chi connectivity index (χ2n) is 8.66. The maximum atomic E-state index is 6.27. The fourth-order valence-electron chi connectivity index (χ4n) is 4.80. The summed E-state index contributed by atoms with van der Waals surface area (Å²) in [6, 6.07) is 14.4. The lowest BCUT2D eigenvalue weighted by molar-refractivity contribution is 0.208. The second-order valence-corrected chi connectivity index (χ2v) is 8.66. The number of benzene rings is 1. The molecule has 1 aromatic carbocycles. The maximum absolute atomic E-state index is 6.27. The molecule has 3 heterocycles. The zero-order chi connectivity index (χ0) is 21.4. The van der Waals surface area contributed by atoms with Gasteiger partial charge in [0.05, 0.1) is 11.4 Å². The highest BCUT2D eigenvalue weighted by Crippen LogP contribution is 2.37. The number of aliphatic imine (C=N–C) groups is 1. The van der Waals surface area contributed by atoms with E-state index in [9.17, 15) is 0 Å². The molecule has 0 bridgehead atoms. The van der Waals surface area contributed by atoms with E-state index in [2.05, 4.69) is 53.7 Å². The number of fused-ring (bicyclic) bond motifs is 1. The number of hydrogen-bond donors (Lipinski definition) is 1. The summed E-state index contributed by atoms with van der Waals surface area (Å²) < 4.78 is 8.37. The number of H-pyrrole nitrogens is 1. The standard InChI is InChI=1S/C27H29N3O/c1-18-9-7-12-21-19(2)28-24(27(18)21)15-23-26(31-17-20-10-5-4-6-11-20)16-22(29-23)25-13-8-14-30(25)3/h4-6,8,10-11,13-16,18,28H,7,9,12,17H2,1-3H3/b23-15-. The van der Waals surface area contributed by atoms with Crippen molar-refractivity contribution >= 4 is 11.8 Å². The van der Waals surface area contributed by atoms with Crippen LogP contribution in [0.3, 0.4) is 0 Å². The smallest absolute Gasteiger partial charge is 0.147 e. The molecule has 0 radical (unpaired) electrons. The number of nitrogens with one attached hydrogen (secondary N) is 1. The molecule has 0 saturated carbocycles. The van der Waals surface area contributed by atoms with Gasteiger partial charge >= 0.3 is 0 Å². The van der Waals surface area contributed by atoms with E-state index in [1.54, 1.807) is 0 Å². The fourth-order valence-corrected chi connectivity index (χ4v) is 4.80. The zero-order valence-corrected chi connectivity index (χ0v) is 18.5. The number of aromatic amines is 1. The quantitative estimate of drug-likeness (QED) is 0.546. The Balaban J connectivity index is 1.52. The average Bonchev–Trinajstić information content (AvgIpc) is 3.46. The predicted octanol–water partition coefficient (Wildman–Crippen LogP) is 6.05. The lowest BCUT2D eigenvalue weighted by Gasteiger charge is -2.20. The molecule has 1 unspecified atom stereocenters. The van der Waals surface area contributed by atoms with Crippen molar-refractivity contribution < 1.29 is 4.74 Å². The Kier molecular flexibility index (Phi) is 5.14. The van der Waals surface area contributed by atoms with Gasteiger partial charge in [-0.2, -0.15) is 0 Å². The fraction of sp³-hybridized carbons (Fsp3) is 0.296. The molecule has 4 nitrogen and oxygen atoms in total. The summed E-state index contributed by atoms with van der Waals surface area (Å²) in [5, 5.41) is 0. The van der Waals surface area contributed by atoms with Gasteiger partial charge in [0, 0.05) is 30.7 Å². The maximum Gasteiger partial charge on any atom is 0.147 e. The Morgan fingerprint density at radius 3 is 2.81 bits per heavy atom. The van der Waals surface area contributed by atoms with Crippen molar-refractivity contribution in [2.24, 2.45) is 12.0 Å². The van der Waals surface area contributed by atoms with Crippen molar-refractivity contribution in [2.75, 3.05) is 0 Å². The molecule has 158 valence electrons. The Morgan fingerprint density at radius 1 is 1.19 bits per heavy atom. The highest BCUT2D eigenvalue weighted by molar-refractivity contribution is 6.11. The van der Waals surface area contributed by atoms with Crippen LogP contribution in [0, 0.1) is 6.92 Å². The molecular formula is C27H29N3O. The largest absolute Gasteiger partial charge is 0.487 e. The molecule has 31 heavy (non-hydrogen) atoms. The van der Waals surface area contributed by atoms with E-state index in [0.29, 0.717) is 12.5 Å².